The quantitative estimate of drug-likeness (QED) is 0.723. The molecule has 2 aromatic carbocycles. The van der Waals surface area contributed by atoms with Gasteiger partial charge in [0.25, 0.3) is 0 Å². The standard InChI is InChI=1S/C22H26ClNO5/c1-27-18-8-7-17(20(28-2)21(18)29-3)19(15-5-4-6-16(23)13-15)24-11-9-14(10-12-24)22(25)26/h4-8,13-14,19H,9-12H2,1-3H3,(H,25,26). The SMILES string of the molecule is COc1ccc(C(c2cccc(Cl)c2)N2CCC(C(=O)O)CC2)c(OC)c1OC. The summed E-state index contributed by atoms with van der Waals surface area (Å²) in [5, 5.41) is 10.0. The van der Waals surface area contributed by atoms with Crippen molar-refractivity contribution >= 4 is 17.6 Å². The second kappa shape index (κ2) is 9.37. The topological polar surface area (TPSA) is 68.2 Å². The number of hydrogen-bond donors (Lipinski definition) is 1. The van der Waals surface area contributed by atoms with Crippen molar-refractivity contribution < 1.29 is 24.1 Å². The van der Waals surface area contributed by atoms with E-state index in [2.05, 4.69) is 4.90 Å². The first-order valence-electron chi connectivity index (χ1n) is 9.51. The monoisotopic (exact) mass is 419 g/mol. The van der Waals surface area contributed by atoms with E-state index in [-0.39, 0.29) is 12.0 Å². The highest BCUT2D eigenvalue weighted by atomic mass is 35.5. The van der Waals surface area contributed by atoms with E-state index in [1.54, 1.807) is 21.3 Å². The molecule has 156 valence electrons. The average Bonchev–Trinajstić information content (AvgIpc) is 2.73. The number of halogens is 1. The van der Waals surface area contributed by atoms with Crippen LogP contribution in [0.3, 0.4) is 0 Å². The van der Waals surface area contributed by atoms with Gasteiger partial charge in [0.05, 0.1) is 33.3 Å². The molecule has 0 bridgehead atoms. The molecule has 0 aliphatic carbocycles. The smallest absolute Gasteiger partial charge is 0.306 e. The van der Waals surface area contributed by atoms with E-state index in [1.807, 2.05) is 36.4 Å². The molecule has 0 spiro atoms. The normalized spacial score (nSPS) is 16.3. The summed E-state index contributed by atoms with van der Waals surface area (Å²) < 4.78 is 16.7. The van der Waals surface area contributed by atoms with Gasteiger partial charge in [0.2, 0.25) is 5.75 Å². The average molecular weight is 420 g/mol. The molecule has 0 amide bonds. The summed E-state index contributed by atoms with van der Waals surface area (Å²) in [6.45, 7) is 1.32. The first kappa shape index (κ1) is 21.3. The maximum atomic E-state index is 11.4. The fourth-order valence-corrected chi connectivity index (χ4v) is 4.21. The summed E-state index contributed by atoms with van der Waals surface area (Å²) in [5.41, 5.74) is 1.93. The maximum Gasteiger partial charge on any atom is 0.306 e. The zero-order valence-corrected chi connectivity index (χ0v) is 17.6. The molecule has 1 unspecified atom stereocenters. The number of ether oxygens (including phenoxy) is 3. The van der Waals surface area contributed by atoms with E-state index in [4.69, 9.17) is 25.8 Å². The van der Waals surface area contributed by atoms with E-state index in [0.717, 1.165) is 11.1 Å². The van der Waals surface area contributed by atoms with E-state index >= 15 is 0 Å². The summed E-state index contributed by atoms with van der Waals surface area (Å²) in [6.07, 6.45) is 1.20. The number of likely N-dealkylation sites (tertiary alicyclic amines) is 1. The highest BCUT2D eigenvalue weighted by Gasteiger charge is 2.33. The van der Waals surface area contributed by atoms with Crippen LogP contribution in [0.15, 0.2) is 36.4 Å². The molecule has 2 aromatic rings. The number of carboxylic acid groups (broad SMARTS) is 1. The molecule has 1 fully saturated rings. The van der Waals surface area contributed by atoms with Gasteiger partial charge in [0, 0.05) is 10.6 Å². The van der Waals surface area contributed by atoms with Crippen LogP contribution in [0.1, 0.15) is 30.0 Å². The van der Waals surface area contributed by atoms with Gasteiger partial charge >= 0.3 is 5.97 Å². The number of rotatable bonds is 7. The molecule has 0 radical (unpaired) electrons. The van der Waals surface area contributed by atoms with Gasteiger partial charge in [-0.3, -0.25) is 9.69 Å². The lowest BCUT2D eigenvalue weighted by atomic mass is 9.90. The van der Waals surface area contributed by atoms with Crippen LogP contribution in [0.4, 0.5) is 0 Å². The predicted octanol–water partition coefficient (Wildman–Crippen LogP) is 4.25. The first-order valence-corrected chi connectivity index (χ1v) is 9.89. The summed E-state index contributed by atoms with van der Waals surface area (Å²) in [5.74, 6) is 0.672. The van der Waals surface area contributed by atoms with Crippen LogP contribution < -0.4 is 14.2 Å². The molecule has 3 rings (SSSR count). The van der Waals surface area contributed by atoms with Gasteiger partial charge in [-0.2, -0.15) is 0 Å². The molecular formula is C22H26ClNO5. The summed E-state index contributed by atoms with van der Waals surface area (Å²) in [6, 6.07) is 11.4. The highest BCUT2D eigenvalue weighted by molar-refractivity contribution is 6.30. The molecule has 1 saturated heterocycles. The van der Waals surface area contributed by atoms with Crippen LogP contribution in [0.5, 0.6) is 17.2 Å². The Balaban J connectivity index is 2.08. The molecule has 1 heterocycles. The van der Waals surface area contributed by atoms with Crippen LogP contribution in [0, 0.1) is 5.92 Å². The Morgan fingerprint density at radius 3 is 2.31 bits per heavy atom. The van der Waals surface area contributed by atoms with Gasteiger partial charge in [-0.05, 0) is 55.8 Å². The number of carboxylic acids is 1. The summed E-state index contributed by atoms with van der Waals surface area (Å²) in [7, 11) is 4.77. The van der Waals surface area contributed by atoms with Crippen molar-refractivity contribution in [2.24, 2.45) is 5.92 Å². The Bertz CT molecular complexity index is 864. The number of hydrogen-bond acceptors (Lipinski definition) is 5. The largest absolute Gasteiger partial charge is 0.493 e. The van der Waals surface area contributed by atoms with E-state index in [1.165, 1.54) is 0 Å². The second-order valence-electron chi connectivity index (χ2n) is 7.03. The van der Waals surface area contributed by atoms with E-state index < -0.39 is 5.97 Å². The van der Waals surface area contributed by atoms with Crippen molar-refractivity contribution in [3.05, 3.63) is 52.5 Å². The van der Waals surface area contributed by atoms with Crippen LogP contribution >= 0.6 is 11.6 Å². The molecule has 7 heteroatoms. The van der Waals surface area contributed by atoms with Crippen molar-refractivity contribution in [2.75, 3.05) is 34.4 Å². The third kappa shape index (κ3) is 4.43. The number of piperidine rings is 1. The number of methoxy groups -OCH3 is 3. The number of carbonyl (C=O) groups is 1. The molecule has 6 nitrogen and oxygen atoms in total. The van der Waals surface area contributed by atoms with E-state index in [0.29, 0.717) is 48.2 Å². The summed E-state index contributed by atoms with van der Waals surface area (Å²) >= 11 is 6.29. The molecule has 0 saturated carbocycles. The maximum absolute atomic E-state index is 11.4. The van der Waals surface area contributed by atoms with Crippen molar-refractivity contribution in [1.82, 2.24) is 4.90 Å². The minimum absolute atomic E-state index is 0.154. The van der Waals surface area contributed by atoms with Gasteiger partial charge in [0.15, 0.2) is 11.5 Å². The van der Waals surface area contributed by atoms with Crippen molar-refractivity contribution in [2.45, 2.75) is 18.9 Å². The second-order valence-corrected chi connectivity index (χ2v) is 7.47. The molecule has 1 aliphatic heterocycles. The Morgan fingerprint density at radius 1 is 1.07 bits per heavy atom. The first-order chi connectivity index (χ1) is 14.0. The van der Waals surface area contributed by atoms with Gasteiger partial charge in [0.1, 0.15) is 0 Å². The van der Waals surface area contributed by atoms with Crippen molar-refractivity contribution in [3.63, 3.8) is 0 Å². The highest BCUT2D eigenvalue weighted by Crippen LogP contribution is 2.46. The summed E-state index contributed by atoms with van der Waals surface area (Å²) in [4.78, 5) is 13.7. The lowest BCUT2D eigenvalue weighted by Gasteiger charge is -2.37. The third-order valence-electron chi connectivity index (χ3n) is 5.44. The van der Waals surface area contributed by atoms with Gasteiger partial charge in [-0.1, -0.05) is 23.7 Å². The fraction of sp³-hybridized carbons (Fsp3) is 0.409. The number of nitrogens with zero attached hydrogens (tertiary/aromatic N) is 1. The number of aliphatic carboxylic acids is 1. The van der Waals surface area contributed by atoms with Gasteiger partial charge in [-0.15, -0.1) is 0 Å². The van der Waals surface area contributed by atoms with E-state index in [9.17, 15) is 9.90 Å². The zero-order chi connectivity index (χ0) is 21.0. The minimum atomic E-state index is -0.729. The predicted molar refractivity (Wildman–Crippen MR) is 111 cm³/mol. The van der Waals surface area contributed by atoms with Crippen LogP contribution in [0.2, 0.25) is 5.02 Å². The third-order valence-corrected chi connectivity index (χ3v) is 5.67. The molecule has 1 N–H and O–H groups in total. The lowest BCUT2D eigenvalue weighted by Crippen LogP contribution is -2.39. The number of benzene rings is 2. The zero-order valence-electron chi connectivity index (χ0n) is 16.9. The Hall–Kier alpha value is -2.44. The van der Waals surface area contributed by atoms with Crippen LogP contribution in [-0.2, 0) is 4.79 Å². The molecule has 29 heavy (non-hydrogen) atoms. The molecular weight excluding hydrogens is 394 g/mol. The Labute approximate surface area is 175 Å². The van der Waals surface area contributed by atoms with Crippen LogP contribution in [0.25, 0.3) is 0 Å². The van der Waals surface area contributed by atoms with Crippen LogP contribution in [-0.4, -0.2) is 50.4 Å². The lowest BCUT2D eigenvalue weighted by molar-refractivity contribution is -0.143. The fourth-order valence-electron chi connectivity index (χ4n) is 4.01. The Morgan fingerprint density at radius 2 is 1.76 bits per heavy atom. The Kier molecular flexibility index (Phi) is 6.87. The minimum Gasteiger partial charge on any atom is -0.493 e. The van der Waals surface area contributed by atoms with Gasteiger partial charge < -0.3 is 19.3 Å². The molecule has 1 aliphatic rings. The van der Waals surface area contributed by atoms with Gasteiger partial charge in [-0.25, -0.2) is 0 Å². The van der Waals surface area contributed by atoms with Crippen molar-refractivity contribution in [3.8, 4) is 17.2 Å². The molecule has 0 aromatic heterocycles. The van der Waals surface area contributed by atoms with Crippen molar-refractivity contribution in [1.29, 1.82) is 0 Å². The molecule has 1 atom stereocenters.